The summed E-state index contributed by atoms with van der Waals surface area (Å²) in [4.78, 5) is 14.2. The summed E-state index contributed by atoms with van der Waals surface area (Å²) >= 11 is 0. The van der Waals surface area contributed by atoms with E-state index < -0.39 is 32.5 Å². The molecule has 0 radical (unpaired) electrons. The molecule has 0 bridgehead atoms. The second-order valence-electron chi connectivity index (χ2n) is 4.08. The molecule has 0 aliphatic rings. The Hall–Kier alpha value is -2.55. The molecule has 0 saturated heterocycles. The van der Waals surface area contributed by atoms with Crippen LogP contribution in [0, 0.1) is 11.6 Å². The molecule has 6 nitrogen and oxygen atoms in total. The van der Waals surface area contributed by atoms with Gasteiger partial charge in [0.15, 0.2) is 11.6 Å². The summed E-state index contributed by atoms with van der Waals surface area (Å²) in [5.41, 5.74) is 0.0508. The smallest absolute Gasteiger partial charge is 0.338 e. The summed E-state index contributed by atoms with van der Waals surface area (Å²) in [6.07, 6.45) is 1.17. The zero-order chi connectivity index (χ0) is 16.3. The highest BCUT2D eigenvalue weighted by Gasteiger charge is 2.22. The van der Waals surface area contributed by atoms with E-state index >= 15 is 0 Å². The van der Waals surface area contributed by atoms with Crippen LogP contribution in [-0.4, -0.2) is 26.5 Å². The highest BCUT2D eigenvalue weighted by Crippen LogP contribution is 2.20. The lowest BCUT2D eigenvalue weighted by atomic mass is 10.3. The number of methoxy groups -OCH3 is 1. The first-order valence-corrected chi connectivity index (χ1v) is 7.34. The Morgan fingerprint density at radius 2 is 2.00 bits per heavy atom. The number of hydrogen-bond acceptors (Lipinski definition) is 5. The van der Waals surface area contributed by atoms with E-state index in [-0.39, 0.29) is 11.4 Å². The van der Waals surface area contributed by atoms with Gasteiger partial charge in [-0.1, -0.05) is 6.07 Å². The fourth-order valence-electron chi connectivity index (χ4n) is 1.62. The maximum absolute atomic E-state index is 13.6. The Labute approximate surface area is 124 Å². The van der Waals surface area contributed by atoms with E-state index in [0.717, 1.165) is 31.4 Å². The van der Waals surface area contributed by atoms with Crippen molar-refractivity contribution in [3.63, 3.8) is 0 Å². The van der Waals surface area contributed by atoms with Gasteiger partial charge in [0.2, 0.25) is 0 Å². The van der Waals surface area contributed by atoms with Crippen LogP contribution in [0.5, 0.6) is 0 Å². The van der Waals surface area contributed by atoms with Crippen molar-refractivity contribution in [3.8, 4) is 0 Å². The van der Waals surface area contributed by atoms with E-state index in [1.165, 1.54) is 12.3 Å². The summed E-state index contributed by atoms with van der Waals surface area (Å²) in [6.45, 7) is 0. The monoisotopic (exact) mass is 328 g/mol. The number of esters is 1. The number of aromatic nitrogens is 1. The second kappa shape index (κ2) is 6.06. The average Bonchev–Trinajstić information content (AvgIpc) is 2.48. The van der Waals surface area contributed by atoms with Crippen LogP contribution in [0.3, 0.4) is 0 Å². The molecule has 0 atom stereocenters. The van der Waals surface area contributed by atoms with Crippen molar-refractivity contribution >= 4 is 21.8 Å². The van der Waals surface area contributed by atoms with Crippen LogP contribution in [0.1, 0.15) is 10.4 Å². The Bertz CT molecular complexity index is 825. The summed E-state index contributed by atoms with van der Waals surface area (Å²) in [6, 6.07) is 5.19. The standard InChI is InChI=1S/C13H10F2N2O4S/c1-21-13(18)8-5-6-16-11(7-8)17-22(19,20)10-4-2-3-9(14)12(10)15/h2-7H,1H3,(H,16,17). The highest BCUT2D eigenvalue weighted by molar-refractivity contribution is 7.92. The van der Waals surface area contributed by atoms with E-state index in [9.17, 15) is 22.0 Å². The largest absolute Gasteiger partial charge is 0.465 e. The fourth-order valence-corrected chi connectivity index (χ4v) is 2.70. The number of nitrogens with zero attached hydrogens (tertiary/aromatic N) is 1. The third-order valence-electron chi connectivity index (χ3n) is 2.63. The van der Waals surface area contributed by atoms with E-state index in [0.29, 0.717) is 0 Å². The van der Waals surface area contributed by atoms with Gasteiger partial charge in [0.25, 0.3) is 10.0 Å². The first kappa shape index (κ1) is 15.8. The van der Waals surface area contributed by atoms with Crippen LogP contribution in [0.2, 0.25) is 0 Å². The zero-order valence-corrected chi connectivity index (χ0v) is 12.0. The number of sulfonamides is 1. The molecule has 9 heteroatoms. The number of halogens is 2. The molecule has 0 aliphatic heterocycles. The molecular formula is C13H10F2N2O4S. The van der Waals surface area contributed by atoms with E-state index in [2.05, 4.69) is 9.72 Å². The Morgan fingerprint density at radius 3 is 2.68 bits per heavy atom. The lowest BCUT2D eigenvalue weighted by molar-refractivity contribution is 0.0600. The van der Waals surface area contributed by atoms with Crippen molar-refractivity contribution in [1.29, 1.82) is 0 Å². The molecule has 0 unspecified atom stereocenters. The van der Waals surface area contributed by atoms with Gasteiger partial charge in [0, 0.05) is 6.20 Å². The number of anilines is 1. The number of benzene rings is 1. The third-order valence-corrected chi connectivity index (χ3v) is 4.00. The number of hydrogen-bond donors (Lipinski definition) is 1. The summed E-state index contributed by atoms with van der Waals surface area (Å²) < 4.78 is 57.3. The minimum absolute atomic E-state index is 0.0508. The molecule has 2 rings (SSSR count). The van der Waals surface area contributed by atoms with Crippen LogP contribution < -0.4 is 4.72 Å². The summed E-state index contributed by atoms with van der Waals surface area (Å²) in [5.74, 6) is -3.72. The van der Waals surface area contributed by atoms with Crippen LogP contribution in [0.4, 0.5) is 14.6 Å². The second-order valence-corrected chi connectivity index (χ2v) is 5.73. The Kier molecular flexibility index (Phi) is 4.36. The van der Waals surface area contributed by atoms with Crippen LogP contribution in [0.25, 0.3) is 0 Å². The SMILES string of the molecule is COC(=O)c1ccnc(NS(=O)(=O)c2cccc(F)c2F)c1. The van der Waals surface area contributed by atoms with Gasteiger partial charge in [0.05, 0.1) is 12.7 Å². The number of rotatable bonds is 4. The molecule has 1 aromatic carbocycles. The van der Waals surface area contributed by atoms with Gasteiger partial charge in [-0.15, -0.1) is 0 Å². The van der Waals surface area contributed by atoms with Crippen LogP contribution >= 0.6 is 0 Å². The highest BCUT2D eigenvalue weighted by atomic mass is 32.2. The molecule has 116 valence electrons. The maximum atomic E-state index is 13.6. The van der Waals surface area contributed by atoms with Gasteiger partial charge in [-0.25, -0.2) is 27.0 Å². The minimum atomic E-state index is -4.40. The fraction of sp³-hybridized carbons (Fsp3) is 0.0769. The molecule has 0 aliphatic carbocycles. The number of pyridine rings is 1. The van der Waals surface area contributed by atoms with Crippen molar-refractivity contribution in [2.45, 2.75) is 4.90 Å². The van der Waals surface area contributed by atoms with E-state index in [1.54, 1.807) is 0 Å². The van der Waals surface area contributed by atoms with Gasteiger partial charge in [-0.2, -0.15) is 0 Å². The lowest BCUT2D eigenvalue weighted by Gasteiger charge is -2.09. The predicted octanol–water partition coefficient (Wildman–Crippen LogP) is 1.95. The first-order chi connectivity index (χ1) is 10.3. The molecule has 1 heterocycles. The van der Waals surface area contributed by atoms with Gasteiger partial charge in [-0.05, 0) is 24.3 Å². The van der Waals surface area contributed by atoms with E-state index in [1.807, 2.05) is 4.72 Å². The van der Waals surface area contributed by atoms with E-state index in [4.69, 9.17) is 0 Å². The molecule has 22 heavy (non-hydrogen) atoms. The number of carbonyl (C=O) groups is 1. The molecule has 0 amide bonds. The topological polar surface area (TPSA) is 85.4 Å². The summed E-state index contributed by atoms with van der Waals surface area (Å²) in [7, 11) is -3.23. The van der Waals surface area contributed by atoms with Crippen molar-refractivity contribution in [3.05, 3.63) is 53.7 Å². The van der Waals surface area contributed by atoms with Gasteiger partial charge < -0.3 is 4.74 Å². The average molecular weight is 328 g/mol. The number of carbonyl (C=O) groups excluding carboxylic acids is 1. The number of nitrogens with one attached hydrogen (secondary N) is 1. The van der Waals surface area contributed by atoms with Crippen molar-refractivity contribution in [2.75, 3.05) is 11.8 Å². The minimum Gasteiger partial charge on any atom is -0.465 e. The predicted molar refractivity (Wildman–Crippen MR) is 72.7 cm³/mol. The van der Waals surface area contributed by atoms with Gasteiger partial charge in [-0.3, -0.25) is 4.72 Å². The molecule has 1 aromatic heterocycles. The van der Waals surface area contributed by atoms with Crippen molar-refractivity contribution in [2.24, 2.45) is 0 Å². The molecule has 0 spiro atoms. The zero-order valence-electron chi connectivity index (χ0n) is 11.2. The quantitative estimate of drug-likeness (QED) is 0.867. The third kappa shape index (κ3) is 3.19. The molecule has 0 fully saturated rings. The lowest BCUT2D eigenvalue weighted by Crippen LogP contribution is -2.16. The molecule has 2 aromatic rings. The first-order valence-electron chi connectivity index (χ1n) is 5.86. The number of ether oxygens (including phenoxy) is 1. The maximum Gasteiger partial charge on any atom is 0.338 e. The van der Waals surface area contributed by atoms with Crippen molar-refractivity contribution < 1.29 is 26.7 Å². The normalized spacial score (nSPS) is 11.0. The van der Waals surface area contributed by atoms with Crippen LogP contribution in [-0.2, 0) is 14.8 Å². The Balaban J connectivity index is 2.37. The van der Waals surface area contributed by atoms with Crippen molar-refractivity contribution in [1.82, 2.24) is 4.98 Å². The van der Waals surface area contributed by atoms with Crippen LogP contribution in [0.15, 0.2) is 41.4 Å². The Morgan fingerprint density at radius 1 is 1.27 bits per heavy atom. The molecular weight excluding hydrogens is 318 g/mol. The molecule has 1 N–H and O–H groups in total. The van der Waals surface area contributed by atoms with Gasteiger partial charge in [0.1, 0.15) is 10.7 Å². The molecule has 0 saturated carbocycles. The summed E-state index contributed by atoms with van der Waals surface area (Å²) in [5, 5.41) is 0. The van der Waals surface area contributed by atoms with Gasteiger partial charge >= 0.3 is 5.97 Å².